The maximum atomic E-state index is 13.6. The van der Waals surface area contributed by atoms with Crippen LogP contribution >= 0.6 is 0 Å². The topological polar surface area (TPSA) is 68.3 Å². The molecule has 1 fully saturated rings. The monoisotopic (exact) mass is 360 g/mol. The summed E-state index contributed by atoms with van der Waals surface area (Å²) >= 11 is 0. The van der Waals surface area contributed by atoms with Gasteiger partial charge < -0.3 is 4.74 Å². The molecular weight excluding hydrogens is 345 g/mol. The fourth-order valence-corrected chi connectivity index (χ4v) is 4.48. The van der Waals surface area contributed by atoms with Gasteiger partial charge in [-0.25, -0.2) is 8.42 Å². The highest BCUT2D eigenvalue weighted by Crippen LogP contribution is 2.39. The molecule has 1 aliphatic rings. The quantitative estimate of drug-likeness (QED) is 0.914. The summed E-state index contributed by atoms with van der Waals surface area (Å²) in [6.07, 6.45) is -2.77. The second kappa shape index (κ2) is 5.98. The maximum absolute atomic E-state index is 13.6. The molecule has 24 heavy (non-hydrogen) atoms. The summed E-state index contributed by atoms with van der Waals surface area (Å²) in [5.74, 6) is 0. The van der Waals surface area contributed by atoms with Crippen LogP contribution in [0.5, 0.6) is 0 Å². The Morgan fingerprint density at radius 2 is 1.88 bits per heavy atom. The van der Waals surface area contributed by atoms with Gasteiger partial charge in [0, 0.05) is 36.4 Å². The Balaban J connectivity index is 2.06. The van der Waals surface area contributed by atoms with Crippen LogP contribution in [0.25, 0.3) is 10.8 Å². The average molecular weight is 360 g/mol. The number of hydrogen-bond donors (Lipinski definition) is 1. The SMILES string of the molecule is O=S(=O)(NC1(C(F)(F)F)CCOCC1)c1cccc2cnccc12. The van der Waals surface area contributed by atoms with E-state index in [4.69, 9.17) is 4.74 Å². The summed E-state index contributed by atoms with van der Waals surface area (Å²) in [7, 11) is -4.38. The van der Waals surface area contributed by atoms with Gasteiger partial charge in [0.1, 0.15) is 5.54 Å². The molecule has 0 saturated carbocycles. The van der Waals surface area contributed by atoms with E-state index >= 15 is 0 Å². The Morgan fingerprint density at radius 3 is 2.54 bits per heavy atom. The molecule has 1 aliphatic heterocycles. The third kappa shape index (κ3) is 2.99. The van der Waals surface area contributed by atoms with Gasteiger partial charge in [-0.05, 0) is 25.0 Å². The Hall–Kier alpha value is -1.71. The fourth-order valence-electron chi connectivity index (χ4n) is 2.80. The lowest BCUT2D eigenvalue weighted by Crippen LogP contribution is -2.61. The Kier molecular flexibility index (Phi) is 4.27. The smallest absolute Gasteiger partial charge is 0.381 e. The summed E-state index contributed by atoms with van der Waals surface area (Å²) in [6, 6.07) is 5.88. The van der Waals surface area contributed by atoms with Crippen molar-refractivity contribution in [3.63, 3.8) is 0 Å². The fraction of sp³-hybridized carbons (Fsp3) is 0.400. The minimum absolute atomic E-state index is 0.151. The maximum Gasteiger partial charge on any atom is 0.407 e. The summed E-state index contributed by atoms with van der Waals surface area (Å²) < 4.78 is 73.0. The molecule has 0 atom stereocenters. The lowest BCUT2D eigenvalue weighted by molar-refractivity contribution is -0.210. The Bertz CT molecular complexity index is 841. The summed E-state index contributed by atoms with van der Waals surface area (Å²) in [6.45, 7) is -0.303. The van der Waals surface area contributed by atoms with Gasteiger partial charge in [-0.3, -0.25) is 4.98 Å². The van der Waals surface area contributed by atoms with Crippen LogP contribution in [0.2, 0.25) is 0 Å². The average Bonchev–Trinajstić information content (AvgIpc) is 2.54. The van der Waals surface area contributed by atoms with Gasteiger partial charge in [0.25, 0.3) is 0 Å². The van der Waals surface area contributed by atoms with Crippen molar-refractivity contribution in [2.45, 2.75) is 29.5 Å². The van der Waals surface area contributed by atoms with E-state index in [0.29, 0.717) is 10.8 Å². The van der Waals surface area contributed by atoms with Gasteiger partial charge >= 0.3 is 6.18 Å². The predicted octanol–water partition coefficient (Wildman–Crippen LogP) is 2.62. The molecule has 2 aromatic rings. The highest BCUT2D eigenvalue weighted by molar-refractivity contribution is 7.89. The van der Waals surface area contributed by atoms with Crippen molar-refractivity contribution in [2.75, 3.05) is 13.2 Å². The van der Waals surface area contributed by atoms with Crippen LogP contribution < -0.4 is 4.72 Å². The molecule has 1 aromatic heterocycles. The van der Waals surface area contributed by atoms with Gasteiger partial charge in [0.2, 0.25) is 10.0 Å². The summed E-state index contributed by atoms with van der Waals surface area (Å²) in [5, 5.41) is 0.859. The van der Waals surface area contributed by atoms with E-state index in [0.717, 1.165) is 0 Å². The van der Waals surface area contributed by atoms with Crippen LogP contribution in [0.4, 0.5) is 13.2 Å². The summed E-state index contributed by atoms with van der Waals surface area (Å²) in [5.41, 5.74) is -2.51. The second-order valence-corrected chi connectivity index (χ2v) is 7.30. The molecule has 0 bridgehead atoms. The number of nitrogens with zero attached hydrogens (tertiary/aromatic N) is 1. The molecule has 0 amide bonds. The first kappa shape index (κ1) is 17.1. The number of aromatic nitrogens is 1. The molecule has 1 N–H and O–H groups in total. The number of ether oxygens (including phenoxy) is 1. The molecule has 0 unspecified atom stereocenters. The zero-order valence-electron chi connectivity index (χ0n) is 12.5. The number of halogens is 3. The standard InChI is InChI=1S/C15H15F3N2O3S/c16-15(17,18)14(5-8-23-9-6-14)20-24(21,22)13-3-1-2-11-10-19-7-4-12(11)13/h1-4,7,10,20H,5-6,8-9H2. The molecule has 1 aromatic carbocycles. The van der Waals surface area contributed by atoms with E-state index in [1.54, 1.807) is 6.07 Å². The number of rotatable bonds is 3. The highest BCUT2D eigenvalue weighted by atomic mass is 32.2. The molecule has 1 saturated heterocycles. The molecule has 0 radical (unpaired) electrons. The molecule has 3 rings (SSSR count). The van der Waals surface area contributed by atoms with Crippen molar-refractivity contribution in [1.82, 2.24) is 9.71 Å². The van der Waals surface area contributed by atoms with Crippen LogP contribution in [0.15, 0.2) is 41.6 Å². The Morgan fingerprint density at radius 1 is 1.17 bits per heavy atom. The Labute approximate surface area is 136 Å². The third-order valence-corrected chi connectivity index (χ3v) is 5.74. The minimum atomic E-state index is -4.71. The van der Waals surface area contributed by atoms with Gasteiger partial charge in [-0.15, -0.1) is 0 Å². The van der Waals surface area contributed by atoms with E-state index in [2.05, 4.69) is 4.98 Å². The van der Waals surface area contributed by atoms with Gasteiger partial charge in [0.05, 0.1) is 4.90 Å². The van der Waals surface area contributed by atoms with Gasteiger partial charge in [-0.1, -0.05) is 12.1 Å². The van der Waals surface area contributed by atoms with Crippen molar-refractivity contribution in [3.8, 4) is 0 Å². The number of hydrogen-bond acceptors (Lipinski definition) is 4. The number of benzene rings is 1. The van der Waals surface area contributed by atoms with E-state index in [1.165, 1.54) is 30.6 Å². The second-order valence-electron chi connectivity index (χ2n) is 5.65. The van der Waals surface area contributed by atoms with E-state index < -0.39 is 34.6 Å². The first-order valence-corrected chi connectivity index (χ1v) is 8.75. The van der Waals surface area contributed by atoms with E-state index in [1.807, 2.05) is 4.72 Å². The van der Waals surface area contributed by atoms with E-state index in [9.17, 15) is 21.6 Å². The largest absolute Gasteiger partial charge is 0.407 e. The molecule has 9 heteroatoms. The van der Waals surface area contributed by atoms with Crippen molar-refractivity contribution < 1.29 is 26.3 Å². The lowest BCUT2D eigenvalue weighted by Gasteiger charge is -2.38. The molecule has 5 nitrogen and oxygen atoms in total. The number of pyridine rings is 1. The molecule has 130 valence electrons. The van der Waals surface area contributed by atoms with Crippen molar-refractivity contribution in [2.24, 2.45) is 0 Å². The normalized spacial score (nSPS) is 18.6. The highest BCUT2D eigenvalue weighted by Gasteiger charge is 2.57. The van der Waals surface area contributed by atoms with Crippen molar-refractivity contribution >= 4 is 20.8 Å². The number of sulfonamides is 1. The first-order chi connectivity index (χ1) is 11.3. The van der Waals surface area contributed by atoms with Crippen LogP contribution in [0.3, 0.4) is 0 Å². The molecule has 0 spiro atoms. The van der Waals surface area contributed by atoms with E-state index in [-0.39, 0.29) is 18.1 Å². The zero-order valence-corrected chi connectivity index (χ0v) is 13.3. The number of alkyl halides is 3. The number of nitrogens with one attached hydrogen (secondary N) is 1. The lowest BCUT2D eigenvalue weighted by atomic mass is 9.91. The van der Waals surface area contributed by atoms with Gasteiger partial charge in [0.15, 0.2) is 0 Å². The van der Waals surface area contributed by atoms with Crippen molar-refractivity contribution in [3.05, 3.63) is 36.7 Å². The predicted molar refractivity (Wildman–Crippen MR) is 80.9 cm³/mol. The minimum Gasteiger partial charge on any atom is -0.381 e. The summed E-state index contributed by atoms with van der Waals surface area (Å²) in [4.78, 5) is 3.70. The number of fused-ring (bicyclic) bond motifs is 1. The van der Waals surface area contributed by atoms with Crippen LogP contribution in [0.1, 0.15) is 12.8 Å². The van der Waals surface area contributed by atoms with Crippen LogP contribution in [-0.2, 0) is 14.8 Å². The first-order valence-electron chi connectivity index (χ1n) is 7.26. The van der Waals surface area contributed by atoms with Crippen molar-refractivity contribution in [1.29, 1.82) is 0 Å². The molecular formula is C15H15F3N2O3S. The molecule has 0 aliphatic carbocycles. The van der Waals surface area contributed by atoms with Crippen LogP contribution in [-0.4, -0.2) is 38.3 Å². The third-order valence-electron chi connectivity index (χ3n) is 4.15. The zero-order chi connectivity index (χ0) is 17.4. The molecule has 2 heterocycles. The van der Waals surface area contributed by atoms with Crippen LogP contribution in [0, 0.1) is 0 Å². The van der Waals surface area contributed by atoms with Gasteiger partial charge in [-0.2, -0.15) is 17.9 Å².